The van der Waals surface area contributed by atoms with Crippen LogP contribution in [0.25, 0.3) is 0 Å². The highest BCUT2D eigenvalue weighted by molar-refractivity contribution is 7.15. The van der Waals surface area contributed by atoms with Crippen LogP contribution in [0.15, 0.2) is 24.3 Å². The number of nitrogens with one attached hydrogen (secondary N) is 1. The van der Waals surface area contributed by atoms with Crippen molar-refractivity contribution in [1.82, 2.24) is 4.98 Å². The van der Waals surface area contributed by atoms with Gasteiger partial charge in [0.15, 0.2) is 5.13 Å². The molecule has 0 amide bonds. The van der Waals surface area contributed by atoms with Crippen LogP contribution in [0.1, 0.15) is 29.0 Å². The molecule has 2 aromatic rings. The summed E-state index contributed by atoms with van der Waals surface area (Å²) in [6.07, 6.45) is 0. The average molecular weight is 264 g/mol. The number of hydrogen-bond donors (Lipinski definition) is 1. The van der Waals surface area contributed by atoms with E-state index in [1.165, 1.54) is 17.0 Å². The summed E-state index contributed by atoms with van der Waals surface area (Å²) in [5, 5.41) is 4.29. The SMILES string of the molecule is Cc1nc(NCC(C)c2ccc(F)cc2)sc1C. The Hall–Kier alpha value is -1.42. The van der Waals surface area contributed by atoms with Gasteiger partial charge in [-0.25, -0.2) is 9.37 Å². The highest BCUT2D eigenvalue weighted by Gasteiger charge is 2.08. The maximum Gasteiger partial charge on any atom is 0.183 e. The summed E-state index contributed by atoms with van der Waals surface area (Å²) in [5.41, 5.74) is 2.21. The number of hydrogen-bond acceptors (Lipinski definition) is 3. The molecule has 0 spiro atoms. The zero-order valence-electron chi connectivity index (χ0n) is 10.8. The Bertz CT molecular complexity index is 500. The summed E-state index contributed by atoms with van der Waals surface area (Å²) in [7, 11) is 0. The third kappa shape index (κ3) is 3.07. The van der Waals surface area contributed by atoms with E-state index in [0.717, 1.165) is 22.9 Å². The van der Waals surface area contributed by atoms with Crippen molar-refractivity contribution >= 4 is 16.5 Å². The lowest BCUT2D eigenvalue weighted by Gasteiger charge is -2.12. The van der Waals surface area contributed by atoms with Crippen LogP contribution in [-0.2, 0) is 0 Å². The van der Waals surface area contributed by atoms with E-state index >= 15 is 0 Å². The Morgan fingerprint density at radius 2 is 1.94 bits per heavy atom. The van der Waals surface area contributed by atoms with Crippen molar-refractivity contribution in [3.8, 4) is 0 Å². The lowest BCUT2D eigenvalue weighted by Crippen LogP contribution is -2.09. The second-order valence-corrected chi connectivity index (χ2v) is 5.70. The molecule has 0 aliphatic carbocycles. The van der Waals surface area contributed by atoms with Gasteiger partial charge in [0, 0.05) is 11.4 Å². The molecule has 0 aliphatic heterocycles. The fraction of sp³-hybridized carbons (Fsp3) is 0.357. The molecule has 1 atom stereocenters. The molecule has 4 heteroatoms. The van der Waals surface area contributed by atoms with Gasteiger partial charge in [-0.3, -0.25) is 0 Å². The van der Waals surface area contributed by atoms with E-state index in [2.05, 4.69) is 24.1 Å². The number of anilines is 1. The number of aromatic nitrogens is 1. The van der Waals surface area contributed by atoms with Gasteiger partial charge in [-0.1, -0.05) is 19.1 Å². The van der Waals surface area contributed by atoms with Gasteiger partial charge in [-0.2, -0.15) is 0 Å². The topological polar surface area (TPSA) is 24.9 Å². The molecule has 2 nitrogen and oxygen atoms in total. The first kappa shape index (κ1) is 13.0. The van der Waals surface area contributed by atoms with Crippen molar-refractivity contribution < 1.29 is 4.39 Å². The Kier molecular flexibility index (Phi) is 3.97. The van der Waals surface area contributed by atoms with E-state index < -0.39 is 0 Å². The van der Waals surface area contributed by atoms with Gasteiger partial charge in [0.25, 0.3) is 0 Å². The van der Waals surface area contributed by atoms with Crippen molar-refractivity contribution in [1.29, 1.82) is 0 Å². The summed E-state index contributed by atoms with van der Waals surface area (Å²) >= 11 is 1.67. The molecule has 0 radical (unpaired) electrons. The molecule has 0 bridgehead atoms. The summed E-state index contributed by atoms with van der Waals surface area (Å²) in [6, 6.07) is 6.67. The number of aryl methyl sites for hydroxylation is 2. The second kappa shape index (κ2) is 5.48. The first-order valence-electron chi connectivity index (χ1n) is 5.99. The molecule has 2 rings (SSSR count). The van der Waals surface area contributed by atoms with Crippen molar-refractivity contribution in [3.05, 3.63) is 46.2 Å². The second-order valence-electron chi connectivity index (χ2n) is 4.49. The normalized spacial score (nSPS) is 12.4. The summed E-state index contributed by atoms with van der Waals surface area (Å²) < 4.78 is 12.8. The zero-order chi connectivity index (χ0) is 13.1. The molecule has 1 unspecified atom stereocenters. The number of thiazole rings is 1. The predicted octanol–water partition coefficient (Wildman–Crippen LogP) is 4.11. The fourth-order valence-electron chi connectivity index (χ4n) is 1.70. The van der Waals surface area contributed by atoms with Crippen LogP contribution in [-0.4, -0.2) is 11.5 Å². The van der Waals surface area contributed by atoms with Crippen LogP contribution < -0.4 is 5.32 Å². The monoisotopic (exact) mass is 264 g/mol. The number of nitrogens with zero attached hydrogens (tertiary/aromatic N) is 1. The molecule has 1 N–H and O–H groups in total. The minimum absolute atomic E-state index is 0.190. The molecular weight excluding hydrogens is 247 g/mol. The quantitative estimate of drug-likeness (QED) is 0.898. The summed E-state index contributed by atoms with van der Waals surface area (Å²) in [5.74, 6) is 0.139. The fourth-order valence-corrected chi connectivity index (χ4v) is 2.52. The number of halogens is 1. The summed E-state index contributed by atoms with van der Waals surface area (Å²) in [6.45, 7) is 7.01. The molecule has 0 aliphatic rings. The smallest absolute Gasteiger partial charge is 0.183 e. The van der Waals surface area contributed by atoms with Crippen LogP contribution in [0.2, 0.25) is 0 Å². The Balaban J connectivity index is 1.95. The van der Waals surface area contributed by atoms with E-state index in [-0.39, 0.29) is 5.82 Å². The third-order valence-corrected chi connectivity index (χ3v) is 4.06. The predicted molar refractivity (Wildman–Crippen MR) is 74.9 cm³/mol. The van der Waals surface area contributed by atoms with E-state index in [0.29, 0.717) is 5.92 Å². The Labute approximate surface area is 111 Å². The van der Waals surface area contributed by atoms with Crippen molar-refractivity contribution in [3.63, 3.8) is 0 Å². The maximum absolute atomic E-state index is 12.8. The molecule has 1 heterocycles. The molecule has 0 saturated carbocycles. The average Bonchev–Trinajstić information content (AvgIpc) is 2.67. The molecule has 0 fully saturated rings. The van der Waals surface area contributed by atoms with Gasteiger partial charge in [-0.05, 0) is 37.5 Å². The minimum Gasteiger partial charge on any atom is -0.361 e. The van der Waals surface area contributed by atoms with Crippen LogP contribution in [0, 0.1) is 19.7 Å². The highest BCUT2D eigenvalue weighted by Crippen LogP contribution is 2.23. The standard InChI is InChI=1S/C14H17FN2S/c1-9(12-4-6-13(15)7-5-12)8-16-14-17-10(2)11(3)18-14/h4-7,9H,8H2,1-3H3,(H,16,17). The first-order valence-corrected chi connectivity index (χ1v) is 6.81. The zero-order valence-corrected chi connectivity index (χ0v) is 11.6. The number of rotatable bonds is 4. The molecular formula is C14H17FN2S. The highest BCUT2D eigenvalue weighted by atomic mass is 32.1. The third-order valence-electron chi connectivity index (χ3n) is 3.03. The molecule has 0 saturated heterocycles. The van der Waals surface area contributed by atoms with E-state index in [1.807, 2.05) is 19.1 Å². The van der Waals surface area contributed by atoms with Gasteiger partial charge in [0.05, 0.1) is 5.69 Å². The molecule has 18 heavy (non-hydrogen) atoms. The first-order chi connectivity index (χ1) is 8.56. The van der Waals surface area contributed by atoms with Crippen LogP contribution in [0.5, 0.6) is 0 Å². The van der Waals surface area contributed by atoms with Crippen molar-refractivity contribution in [2.24, 2.45) is 0 Å². The lowest BCUT2D eigenvalue weighted by atomic mass is 10.0. The van der Waals surface area contributed by atoms with Crippen LogP contribution in [0.3, 0.4) is 0 Å². The van der Waals surface area contributed by atoms with Gasteiger partial charge in [-0.15, -0.1) is 11.3 Å². The van der Waals surface area contributed by atoms with E-state index in [4.69, 9.17) is 0 Å². The molecule has 96 valence electrons. The number of benzene rings is 1. The van der Waals surface area contributed by atoms with Gasteiger partial charge < -0.3 is 5.32 Å². The largest absolute Gasteiger partial charge is 0.361 e. The van der Waals surface area contributed by atoms with Gasteiger partial charge >= 0.3 is 0 Å². The minimum atomic E-state index is -0.190. The Morgan fingerprint density at radius 1 is 1.28 bits per heavy atom. The van der Waals surface area contributed by atoms with Gasteiger partial charge in [0.1, 0.15) is 5.82 Å². The van der Waals surface area contributed by atoms with Crippen molar-refractivity contribution in [2.45, 2.75) is 26.7 Å². The van der Waals surface area contributed by atoms with Gasteiger partial charge in [0.2, 0.25) is 0 Å². The lowest BCUT2D eigenvalue weighted by molar-refractivity contribution is 0.626. The van der Waals surface area contributed by atoms with E-state index in [9.17, 15) is 4.39 Å². The molecule has 1 aromatic heterocycles. The summed E-state index contributed by atoms with van der Waals surface area (Å²) in [4.78, 5) is 5.68. The maximum atomic E-state index is 12.8. The van der Waals surface area contributed by atoms with Crippen LogP contribution >= 0.6 is 11.3 Å². The van der Waals surface area contributed by atoms with Crippen LogP contribution in [0.4, 0.5) is 9.52 Å². The van der Waals surface area contributed by atoms with E-state index in [1.54, 1.807) is 11.3 Å². The molecule has 1 aromatic carbocycles. The van der Waals surface area contributed by atoms with Crippen molar-refractivity contribution in [2.75, 3.05) is 11.9 Å². The Morgan fingerprint density at radius 3 is 2.50 bits per heavy atom.